The van der Waals surface area contributed by atoms with Crippen LogP contribution < -0.4 is 10.1 Å². The van der Waals surface area contributed by atoms with Crippen molar-refractivity contribution in [1.82, 2.24) is 5.32 Å². The van der Waals surface area contributed by atoms with Crippen LogP contribution in [0.5, 0.6) is 5.75 Å². The Bertz CT molecular complexity index is 896. The molecular formula is C21H21F4NO3. The van der Waals surface area contributed by atoms with Crippen molar-refractivity contribution in [2.75, 3.05) is 19.8 Å². The summed E-state index contributed by atoms with van der Waals surface area (Å²) in [6.45, 7) is 1.45. The molecule has 3 rings (SSSR count). The zero-order valence-corrected chi connectivity index (χ0v) is 15.9. The first-order valence-electron chi connectivity index (χ1n) is 9.28. The molecule has 0 saturated carbocycles. The van der Waals surface area contributed by atoms with Gasteiger partial charge in [-0.1, -0.05) is 18.2 Å². The fraction of sp³-hybridized carbons (Fsp3) is 0.381. The van der Waals surface area contributed by atoms with Crippen LogP contribution in [0.1, 0.15) is 23.6 Å². The van der Waals surface area contributed by atoms with Gasteiger partial charge < -0.3 is 14.8 Å². The Morgan fingerprint density at radius 3 is 2.62 bits per heavy atom. The van der Waals surface area contributed by atoms with E-state index in [0.717, 1.165) is 0 Å². The van der Waals surface area contributed by atoms with Gasteiger partial charge in [0.1, 0.15) is 11.6 Å². The standard InChI is InChI=1S/C21H21F4NO3/c1-2-28-20(27)10-13-3-4-16(19(9-13)29-12-21(23,24)25)14-5-6-18(22)15-7-8-26-11-17(14)15/h3-6,9,26H,2,7-8,10-12H2,1H3. The number of rotatable bonds is 6. The molecule has 2 aromatic rings. The molecule has 1 aliphatic heterocycles. The van der Waals surface area contributed by atoms with Crippen molar-refractivity contribution < 1.29 is 31.8 Å². The van der Waals surface area contributed by atoms with Crippen molar-refractivity contribution in [2.45, 2.75) is 32.5 Å². The second kappa shape index (κ2) is 8.82. The lowest BCUT2D eigenvalue weighted by Crippen LogP contribution is -2.25. The minimum Gasteiger partial charge on any atom is -0.483 e. The molecule has 2 aromatic carbocycles. The molecule has 4 nitrogen and oxygen atoms in total. The minimum absolute atomic E-state index is 0.0106. The maximum Gasteiger partial charge on any atom is 0.422 e. The molecule has 1 N–H and O–H groups in total. The zero-order valence-electron chi connectivity index (χ0n) is 15.9. The molecule has 1 aliphatic rings. The molecule has 1 heterocycles. The molecule has 0 unspecified atom stereocenters. The highest BCUT2D eigenvalue weighted by molar-refractivity contribution is 5.77. The maximum absolute atomic E-state index is 14.2. The highest BCUT2D eigenvalue weighted by Gasteiger charge is 2.29. The summed E-state index contributed by atoms with van der Waals surface area (Å²) in [5.74, 6) is -0.823. The summed E-state index contributed by atoms with van der Waals surface area (Å²) in [4.78, 5) is 11.7. The summed E-state index contributed by atoms with van der Waals surface area (Å²) in [5, 5.41) is 3.16. The Morgan fingerprint density at radius 1 is 1.14 bits per heavy atom. The van der Waals surface area contributed by atoms with E-state index in [1.54, 1.807) is 25.1 Å². The quantitative estimate of drug-likeness (QED) is 0.572. The van der Waals surface area contributed by atoms with Gasteiger partial charge >= 0.3 is 12.1 Å². The fourth-order valence-corrected chi connectivity index (χ4v) is 3.37. The third-order valence-corrected chi connectivity index (χ3v) is 4.61. The Kier molecular flexibility index (Phi) is 6.42. The molecule has 29 heavy (non-hydrogen) atoms. The van der Waals surface area contributed by atoms with Crippen LogP contribution in [-0.2, 0) is 28.9 Å². The van der Waals surface area contributed by atoms with E-state index in [4.69, 9.17) is 9.47 Å². The van der Waals surface area contributed by atoms with Crippen molar-refractivity contribution >= 4 is 5.97 Å². The van der Waals surface area contributed by atoms with Gasteiger partial charge in [0.2, 0.25) is 0 Å². The van der Waals surface area contributed by atoms with Crippen LogP contribution in [0.15, 0.2) is 30.3 Å². The summed E-state index contributed by atoms with van der Waals surface area (Å²) in [7, 11) is 0. The predicted molar refractivity (Wildman–Crippen MR) is 99.1 cm³/mol. The summed E-state index contributed by atoms with van der Waals surface area (Å²) >= 11 is 0. The Morgan fingerprint density at radius 2 is 1.90 bits per heavy atom. The van der Waals surface area contributed by atoms with Crippen molar-refractivity contribution in [2.24, 2.45) is 0 Å². The Hall–Kier alpha value is -2.61. The number of alkyl halides is 3. The van der Waals surface area contributed by atoms with Crippen LogP contribution in [0, 0.1) is 5.82 Å². The second-order valence-electron chi connectivity index (χ2n) is 6.69. The first kappa shape index (κ1) is 21.1. The number of carbonyl (C=O) groups excluding carboxylic acids is 1. The molecule has 156 valence electrons. The van der Waals surface area contributed by atoms with Crippen molar-refractivity contribution in [3.8, 4) is 16.9 Å². The Balaban J connectivity index is 2.02. The van der Waals surface area contributed by atoms with E-state index >= 15 is 0 Å². The number of fused-ring (bicyclic) bond motifs is 1. The molecule has 0 atom stereocenters. The molecule has 0 fully saturated rings. The third kappa shape index (κ3) is 5.26. The van der Waals surface area contributed by atoms with Gasteiger partial charge in [0.25, 0.3) is 0 Å². The smallest absolute Gasteiger partial charge is 0.422 e. The summed E-state index contributed by atoms with van der Waals surface area (Å²) in [5.41, 5.74) is 2.75. The highest BCUT2D eigenvalue weighted by Crippen LogP contribution is 2.37. The number of nitrogens with one attached hydrogen (secondary N) is 1. The molecule has 0 aliphatic carbocycles. The zero-order chi connectivity index (χ0) is 21.0. The van der Waals surface area contributed by atoms with Crippen LogP contribution in [0.2, 0.25) is 0 Å². The van der Waals surface area contributed by atoms with Crippen LogP contribution in [-0.4, -0.2) is 31.9 Å². The summed E-state index contributed by atoms with van der Waals surface area (Å²) < 4.78 is 62.4. The van der Waals surface area contributed by atoms with E-state index in [1.165, 1.54) is 12.1 Å². The van der Waals surface area contributed by atoms with Gasteiger partial charge in [0, 0.05) is 12.1 Å². The van der Waals surface area contributed by atoms with E-state index in [1.807, 2.05) is 0 Å². The van der Waals surface area contributed by atoms with Crippen molar-refractivity contribution in [3.05, 3.63) is 52.8 Å². The molecule has 0 aromatic heterocycles. The van der Waals surface area contributed by atoms with E-state index in [9.17, 15) is 22.4 Å². The average Bonchev–Trinajstić information content (AvgIpc) is 2.67. The van der Waals surface area contributed by atoms with Gasteiger partial charge in [-0.3, -0.25) is 4.79 Å². The SMILES string of the molecule is CCOC(=O)Cc1ccc(-c2ccc(F)c3c2CNCC3)c(OCC(F)(F)F)c1. The summed E-state index contributed by atoms with van der Waals surface area (Å²) in [6, 6.07) is 7.51. The molecule has 0 bridgehead atoms. The van der Waals surface area contributed by atoms with Crippen LogP contribution >= 0.6 is 0 Å². The lowest BCUT2D eigenvalue weighted by Gasteiger charge is -2.23. The number of carbonyl (C=O) groups is 1. The van der Waals surface area contributed by atoms with Crippen LogP contribution in [0.3, 0.4) is 0 Å². The van der Waals surface area contributed by atoms with E-state index in [2.05, 4.69) is 5.32 Å². The molecule has 0 saturated heterocycles. The number of esters is 1. The third-order valence-electron chi connectivity index (χ3n) is 4.61. The van der Waals surface area contributed by atoms with E-state index in [-0.39, 0.29) is 24.6 Å². The molecular weight excluding hydrogens is 390 g/mol. The first-order chi connectivity index (χ1) is 13.8. The molecule has 0 spiro atoms. The molecule has 8 heteroatoms. The molecule has 0 radical (unpaired) electrons. The van der Waals surface area contributed by atoms with E-state index in [0.29, 0.717) is 47.3 Å². The first-order valence-corrected chi connectivity index (χ1v) is 9.28. The lowest BCUT2D eigenvalue weighted by molar-refractivity contribution is -0.153. The second-order valence-corrected chi connectivity index (χ2v) is 6.69. The lowest BCUT2D eigenvalue weighted by atomic mass is 9.90. The van der Waals surface area contributed by atoms with Gasteiger partial charge in [-0.25, -0.2) is 4.39 Å². The Labute approximate surface area is 165 Å². The van der Waals surface area contributed by atoms with Gasteiger partial charge in [-0.2, -0.15) is 13.2 Å². The number of halogens is 4. The molecule has 0 amide bonds. The van der Waals surface area contributed by atoms with Gasteiger partial charge in [0.15, 0.2) is 6.61 Å². The normalized spacial score (nSPS) is 13.7. The number of benzene rings is 2. The van der Waals surface area contributed by atoms with Gasteiger partial charge in [-0.15, -0.1) is 0 Å². The van der Waals surface area contributed by atoms with Crippen molar-refractivity contribution in [1.29, 1.82) is 0 Å². The number of hydrogen-bond acceptors (Lipinski definition) is 4. The monoisotopic (exact) mass is 411 g/mol. The van der Waals surface area contributed by atoms with Crippen molar-refractivity contribution in [3.63, 3.8) is 0 Å². The topological polar surface area (TPSA) is 47.6 Å². The maximum atomic E-state index is 14.2. The number of hydrogen-bond donors (Lipinski definition) is 1. The average molecular weight is 411 g/mol. The largest absolute Gasteiger partial charge is 0.483 e. The summed E-state index contributed by atoms with van der Waals surface area (Å²) in [6.07, 6.45) is -4.10. The highest BCUT2D eigenvalue weighted by atomic mass is 19.4. The van der Waals surface area contributed by atoms with E-state index < -0.39 is 18.8 Å². The fourth-order valence-electron chi connectivity index (χ4n) is 3.37. The van der Waals surface area contributed by atoms with Gasteiger partial charge in [-0.05, 0) is 54.3 Å². The number of ether oxygens (including phenoxy) is 2. The minimum atomic E-state index is -4.52. The van der Waals surface area contributed by atoms with Gasteiger partial charge in [0.05, 0.1) is 13.0 Å². The van der Waals surface area contributed by atoms with Crippen LogP contribution in [0.4, 0.5) is 17.6 Å². The van der Waals surface area contributed by atoms with Crippen LogP contribution in [0.25, 0.3) is 11.1 Å². The predicted octanol–water partition coefficient (Wildman–Crippen LogP) is 4.19.